The number of hydrogen-bond acceptors (Lipinski definition) is 9. The Morgan fingerprint density at radius 3 is 2.27 bits per heavy atom. The molecule has 5 fully saturated rings. The van der Waals surface area contributed by atoms with Crippen LogP contribution in [-0.2, 0) is 24.8 Å². The number of carbonyl (C=O) groups excluding carboxylic acids is 2. The number of alkyl carbamates (subject to hydrolysis) is 1. The van der Waals surface area contributed by atoms with Gasteiger partial charge in [-0.05, 0) is 126 Å². The Kier molecular flexibility index (Phi) is 11.9. The van der Waals surface area contributed by atoms with Crippen LogP contribution in [0.25, 0.3) is 0 Å². The number of ether oxygens (including phenoxy) is 1. The highest BCUT2D eigenvalue weighted by Crippen LogP contribution is 2.51. The van der Waals surface area contributed by atoms with Gasteiger partial charge in [-0.25, -0.2) is 17.6 Å². The summed E-state index contributed by atoms with van der Waals surface area (Å²) in [6, 6.07) is 14.5. The lowest BCUT2D eigenvalue weighted by molar-refractivity contribution is -0.130. The molecule has 11 nitrogen and oxygen atoms in total. The standard InChI is InChI=1S/C42H59FN6O5S/c1-30(23-45(2)3)40(50)49-27-37(28-49)55(52,53)36-14-12-35(13-15-36)48-25-31(26-48)24-46-20-16-32(17-21-46)42(29-47-18-7-19-47,33-8-5-9-34(43)22-33)38-10-6-11-39(38)44-41(51)54-4/h5,8-9,12-15,22,31-32,37-39H,1,6-7,10-11,16-21,23-29H2,2-4H3,(H,44,51)/t38-,39-,42-/m0/s1. The number of amides is 2. The summed E-state index contributed by atoms with van der Waals surface area (Å²) in [5.41, 5.74) is 2.28. The van der Waals surface area contributed by atoms with Gasteiger partial charge >= 0.3 is 6.09 Å². The Hall–Kier alpha value is -3.52. The van der Waals surface area contributed by atoms with Crippen LogP contribution in [0.3, 0.4) is 0 Å². The van der Waals surface area contributed by atoms with E-state index in [9.17, 15) is 18.0 Å². The molecule has 1 aliphatic carbocycles. The van der Waals surface area contributed by atoms with Crippen molar-refractivity contribution in [1.82, 2.24) is 24.9 Å². The van der Waals surface area contributed by atoms with Crippen LogP contribution in [0.15, 0.2) is 65.6 Å². The number of likely N-dealkylation sites (N-methyl/N-ethyl adjacent to an activating group) is 1. The highest BCUT2D eigenvalue weighted by Gasteiger charge is 2.53. The first-order valence-corrected chi connectivity index (χ1v) is 21.7. The van der Waals surface area contributed by atoms with Gasteiger partial charge in [0, 0.05) is 74.4 Å². The number of hydrogen-bond donors (Lipinski definition) is 1. The summed E-state index contributed by atoms with van der Waals surface area (Å²) in [6.07, 6.45) is 5.77. The summed E-state index contributed by atoms with van der Waals surface area (Å²) >= 11 is 0. The van der Waals surface area contributed by atoms with Crippen molar-refractivity contribution in [1.29, 1.82) is 0 Å². The Morgan fingerprint density at radius 2 is 1.65 bits per heavy atom. The van der Waals surface area contributed by atoms with E-state index in [1.807, 2.05) is 37.2 Å². The van der Waals surface area contributed by atoms with Crippen molar-refractivity contribution in [2.24, 2.45) is 17.8 Å². The molecule has 5 aliphatic rings. The molecule has 4 saturated heterocycles. The Morgan fingerprint density at radius 1 is 0.945 bits per heavy atom. The maximum absolute atomic E-state index is 15.0. The molecule has 55 heavy (non-hydrogen) atoms. The number of nitrogens with one attached hydrogen (secondary N) is 1. The van der Waals surface area contributed by atoms with Crippen LogP contribution in [0.2, 0.25) is 0 Å². The van der Waals surface area contributed by atoms with Gasteiger partial charge in [0.05, 0.1) is 12.0 Å². The van der Waals surface area contributed by atoms with Gasteiger partial charge in [0.25, 0.3) is 5.91 Å². The molecule has 0 radical (unpaired) electrons. The molecule has 3 atom stereocenters. The van der Waals surface area contributed by atoms with Crippen molar-refractivity contribution in [3.05, 3.63) is 72.1 Å². The fraction of sp³-hybridized carbons (Fsp3) is 0.619. The zero-order valence-corrected chi connectivity index (χ0v) is 33.6. The maximum Gasteiger partial charge on any atom is 0.407 e. The minimum Gasteiger partial charge on any atom is -0.453 e. The van der Waals surface area contributed by atoms with E-state index >= 15 is 4.39 Å². The second kappa shape index (κ2) is 16.5. The van der Waals surface area contributed by atoms with Gasteiger partial charge in [0.2, 0.25) is 0 Å². The largest absolute Gasteiger partial charge is 0.453 e. The predicted molar refractivity (Wildman–Crippen MR) is 212 cm³/mol. The van der Waals surface area contributed by atoms with Crippen molar-refractivity contribution in [2.45, 2.75) is 60.1 Å². The summed E-state index contributed by atoms with van der Waals surface area (Å²) in [6.45, 7) is 12.5. The molecule has 7 rings (SSSR count). The van der Waals surface area contributed by atoms with E-state index in [1.54, 1.807) is 23.1 Å². The Bertz CT molecular complexity index is 1800. The summed E-state index contributed by atoms with van der Waals surface area (Å²) in [5, 5.41) is 2.58. The Labute approximate surface area is 326 Å². The van der Waals surface area contributed by atoms with Crippen LogP contribution in [0, 0.1) is 23.6 Å². The quantitative estimate of drug-likeness (QED) is 0.282. The third-order valence-electron chi connectivity index (χ3n) is 13.2. The Balaban J connectivity index is 0.949. The van der Waals surface area contributed by atoms with E-state index in [4.69, 9.17) is 4.74 Å². The van der Waals surface area contributed by atoms with E-state index in [0.717, 1.165) is 95.7 Å². The first-order valence-electron chi connectivity index (χ1n) is 20.1. The average molecular weight is 779 g/mol. The van der Waals surface area contributed by atoms with Gasteiger partial charge in [-0.2, -0.15) is 0 Å². The summed E-state index contributed by atoms with van der Waals surface area (Å²) in [4.78, 5) is 36.3. The molecule has 4 aliphatic heterocycles. The predicted octanol–water partition coefficient (Wildman–Crippen LogP) is 4.24. The smallest absolute Gasteiger partial charge is 0.407 e. The van der Waals surface area contributed by atoms with Crippen molar-refractivity contribution in [2.75, 3.05) is 98.1 Å². The van der Waals surface area contributed by atoms with Gasteiger partial charge in [-0.3, -0.25) is 4.79 Å². The van der Waals surface area contributed by atoms with E-state index in [2.05, 4.69) is 32.7 Å². The van der Waals surface area contributed by atoms with Gasteiger partial charge in [0.15, 0.2) is 9.84 Å². The number of carbonyl (C=O) groups is 2. The molecule has 1 N–H and O–H groups in total. The van der Waals surface area contributed by atoms with Crippen molar-refractivity contribution in [3.8, 4) is 0 Å². The fourth-order valence-corrected chi connectivity index (χ4v) is 11.8. The van der Waals surface area contributed by atoms with Crippen LogP contribution in [0.5, 0.6) is 0 Å². The molecule has 2 amide bonds. The lowest BCUT2D eigenvalue weighted by Gasteiger charge is -2.54. The van der Waals surface area contributed by atoms with Crippen LogP contribution < -0.4 is 10.2 Å². The molecule has 1 saturated carbocycles. The van der Waals surface area contributed by atoms with Crippen molar-refractivity contribution in [3.63, 3.8) is 0 Å². The van der Waals surface area contributed by atoms with Gasteiger partial charge in [-0.15, -0.1) is 0 Å². The zero-order chi connectivity index (χ0) is 38.9. The third-order valence-corrected chi connectivity index (χ3v) is 15.3. The molecule has 2 aromatic carbocycles. The van der Waals surface area contributed by atoms with Crippen molar-refractivity contribution >= 4 is 27.5 Å². The second-order valence-electron chi connectivity index (χ2n) is 17.0. The lowest BCUT2D eigenvalue weighted by Crippen LogP contribution is -2.60. The monoisotopic (exact) mass is 778 g/mol. The first kappa shape index (κ1) is 39.7. The van der Waals surface area contributed by atoms with Gasteiger partial charge < -0.3 is 34.6 Å². The molecule has 0 bridgehead atoms. The number of methoxy groups -OCH3 is 1. The molecular weight excluding hydrogens is 720 g/mol. The maximum atomic E-state index is 15.0. The number of sulfone groups is 1. The molecule has 4 heterocycles. The fourth-order valence-electron chi connectivity index (χ4n) is 10.1. The third kappa shape index (κ3) is 8.31. The topological polar surface area (TPSA) is 106 Å². The van der Waals surface area contributed by atoms with Crippen LogP contribution >= 0.6 is 0 Å². The molecule has 2 aromatic rings. The number of benzene rings is 2. The van der Waals surface area contributed by atoms with E-state index < -0.39 is 21.2 Å². The first-order chi connectivity index (χ1) is 26.4. The highest BCUT2D eigenvalue weighted by molar-refractivity contribution is 7.92. The zero-order valence-electron chi connectivity index (χ0n) is 32.8. The summed E-state index contributed by atoms with van der Waals surface area (Å²) < 4.78 is 46.7. The van der Waals surface area contributed by atoms with Gasteiger partial charge in [0.1, 0.15) is 11.1 Å². The SMILES string of the molecule is C=C(CN(C)C)C(=O)N1CC(S(=O)(=O)c2ccc(N3CC(CN4CCC([C@@](CN5CCC5)(c5cccc(F)c5)[C@H]5CCC[C@@H]5NC(=O)OC)CC4)C3)cc2)C1. The summed E-state index contributed by atoms with van der Waals surface area (Å²) in [5.74, 6) is 0.690. The van der Waals surface area contributed by atoms with E-state index in [0.29, 0.717) is 28.8 Å². The molecule has 13 heteroatoms. The molecular formula is C42H59FN6O5S. The number of nitrogens with zero attached hydrogens (tertiary/aromatic N) is 5. The lowest BCUT2D eigenvalue weighted by atomic mass is 9.57. The van der Waals surface area contributed by atoms with Crippen LogP contribution in [0.4, 0.5) is 14.9 Å². The molecule has 300 valence electrons. The summed E-state index contributed by atoms with van der Waals surface area (Å²) in [7, 11) is 1.62. The van der Waals surface area contributed by atoms with Crippen LogP contribution in [-0.4, -0.2) is 145 Å². The van der Waals surface area contributed by atoms with E-state index in [1.165, 1.54) is 19.6 Å². The molecule has 0 spiro atoms. The minimum absolute atomic E-state index is 0.0108. The normalized spacial score (nSPS) is 24.2. The molecule has 0 aromatic heterocycles. The molecule has 0 unspecified atom stereocenters. The number of rotatable bonds is 14. The van der Waals surface area contributed by atoms with Crippen molar-refractivity contribution < 1.29 is 27.1 Å². The van der Waals surface area contributed by atoms with Crippen LogP contribution in [0.1, 0.15) is 44.1 Å². The minimum atomic E-state index is -3.54. The van der Waals surface area contributed by atoms with Gasteiger partial charge in [-0.1, -0.05) is 25.1 Å². The number of halogens is 1. The van der Waals surface area contributed by atoms with E-state index in [-0.39, 0.29) is 42.2 Å². The number of piperidine rings is 1. The number of likely N-dealkylation sites (tertiary alicyclic amines) is 3. The second-order valence-corrected chi connectivity index (χ2v) is 19.2. The number of anilines is 1. The average Bonchev–Trinajstić information content (AvgIpc) is 3.57. The highest BCUT2D eigenvalue weighted by atomic mass is 32.2.